The van der Waals surface area contributed by atoms with Crippen LogP contribution in [0.15, 0.2) is 112 Å². The lowest BCUT2D eigenvalue weighted by molar-refractivity contribution is -0.384. The third kappa shape index (κ3) is 9.53. The fraction of sp³-hybridized carbons (Fsp3) is 0.250. The van der Waals surface area contributed by atoms with Gasteiger partial charge < -0.3 is 0 Å². The molecule has 0 unspecified atom stereocenters. The minimum atomic E-state index is -4.26. The molecule has 0 heterocycles. The molecule has 0 fully saturated rings. The second-order valence-corrected chi connectivity index (χ2v) is 16.6. The molecule has 0 aromatic heterocycles. The molecule has 2 N–H and O–H groups in total. The second-order valence-electron chi connectivity index (χ2n) is 11.1. The monoisotopic (exact) mass is 700 g/mol. The van der Waals surface area contributed by atoms with Crippen LogP contribution in [0.25, 0.3) is 0 Å². The van der Waals surface area contributed by atoms with Crippen molar-refractivity contribution in [3.8, 4) is 0 Å². The van der Waals surface area contributed by atoms with Crippen molar-refractivity contribution < 1.29 is 30.2 Å². The zero-order valence-corrected chi connectivity index (χ0v) is 28.5. The quantitative estimate of drug-likeness (QED) is 0.138. The topological polar surface area (TPSA) is 173 Å². The number of benzene rings is 4. The van der Waals surface area contributed by atoms with E-state index in [9.17, 15) is 35.4 Å². The molecule has 0 aliphatic heterocycles. The van der Waals surface area contributed by atoms with Gasteiger partial charge in [0, 0.05) is 37.8 Å². The smallest absolute Gasteiger partial charge is 0.258 e. The Kier molecular flexibility index (Phi) is 11.3. The number of nitrogens with one attached hydrogen (secondary N) is 2. The normalized spacial score (nSPS) is 13.0. The largest absolute Gasteiger partial charge is 0.269 e. The highest BCUT2D eigenvalue weighted by Gasteiger charge is 2.30. The summed E-state index contributed by atoms with van der Waals surface area (Å²) in [6.07, 6.45) is -0.0297. The Labute approximate surface area is 275 Å². The van der Waals surface area contributed by atoms with Crippen molar-refractivity contribution in [1.29, 1.82) is 0 Å². The Balaban J connectivity index is 1.68. The summed E-state index contributed by atoms with van der Waals surface area (Å²) < 4.78 is 87.0. The predicted octanol–water partition coefficient (Wildman–Crippen LogP) is 4.08. The first-order chi connectivity index (χ1) is 22.1. The standard InChI is InChI=1S/C32H36N4O8S3/c1-24-4-14-30(15-5-24)45(39,40)33-20-21-35(47(43,44)32-18-8-26(3)9-19-32)23-28(22-27-10-12-29(13-11-27)36(37)38)34-46(41,42)31-16-6-25(2)7-17-31/h4-19,28,33-34H,20-23H2,1-3H3/t28-/m0/s1. The average Bonchev–Trinajstić information content (AvgIpc) is 3.01. The molecule has 4 rings (SSSR count). The summed E-state index contributed by atoms with van der Waals surface area (Å²) in [5.41, 5.74) is 2.89. The van der Waals surface area contributed by atoms with Gasteiger partial charge in [-0.2, -0.15) is 4.31 Å². The van der Waals surface area contributed by atoms with Crippen LogP contribution in [0.4, 0.5) is 5.69 Å². The summed E-state index contributed by atoms with van der Waals surface area (Å²) in [6.45, 7) is 4.40. The van der Waals surface area contributed by atoms with Crippen LogP contribution in [0.2, 0.25) is 0 Å². The van der Waals surface area contributed by atoms with Gasteiger partial charge in [-0.25, -0.2) is 34.7 Å². The van der Waals surface area contributed by atoms with Gasteiger partial charge in [-0.15, -0.1) is 0 Å². The molecule has 0 aliphatic rings. The number of rotatable bonds is 15. The van der Waals surface area contributed by atoms with E-state index in [0.717, 1.165) is 21.0 Å². The Bertz CT molecular complexity index is 2020. The first-order valence-corrected chi connectivity index (χ1v) is 18.9. The molecule has 250 valence electrons. The van der Waals surface area contributed by atoms with E-state index in [1.54, 1.807) is 43.3 Å². The van der Waals surface area contributed by atoms with Crippen LogP contribution in [0.5, 0.6) is 0 Å². The summed E-state index contributed by atoms with van der Waals surface area (Å²) in [5.74, 6) is 0. The van der Waals surface area contributed by atoms with Gasteiger partial charge in [-0.3, -0.25) is 10.1 Å². The predicted molar refractivity (Wildman–Crippen MR) is 178 cm³/mol. The van der Waals surface area contributed by atoms with Gasteiger partial charge in [0.15, 0.2) is 0 Å². The van der Waals surface area contributed by atoms with Crippen LogP contribution < -0.4 is 9.44 Å². The van der Waals surface area contributed by atoms with Crippen LogP contribution in [0, 0.1) is 30.9 Å². The highest BCUT2D eigenvalue weighted by Crippen LogP contribution is 2.20. The summed E-state index contributed by atoms with van der Waals surface area (Å²) >= 11 is 0. The van der Waals surface area contributed by atoms with E-state index < -0.39 is 41.0 Å². The van der Waals surface area contributed by atoms with Crippen LogP contribution in [0.3, 0.4) is 0 Å². The molecule has 0 radical (unpaired) electrons. The number of hydrogen-bond donors (Lipinski definition) is 2. The van der Waals surface area contributed by atoms with E-state index in [1.165, 1.54) is 60.7 Å². The Morgan fingerprint density at radius 1 is 0.660 bits per heavy atom. The fourth-order valence-electron chi connectivity index (χ4n) is 4.71. The van der Waals surface area contributed by atoms with Gasteiger partial charge in [0.1, 0.15) is 0 Å². The van der Waals surface area contributed by atoms with Crippen LogP contribution in [-0.4, -0.2) is 60.2 Å². The molecule has 0 amide bonds. The van der Waals surface area contributed by atoms with Crippen LogP contribution in [-0.2, 0) is 36.5 Å². The fourth-order valence-corrected chi connectivity index (χ4v) is 8.44. The summed E-state index contributed by atoms with van der Waals surface area (Å²) in [7, 11) is -12.4. The van der Waals surface area contributed by atoms with Crippen LogP contribution >= 0.6 is 0 Å². The maximum atomic E-state index is 14.0. The summed E-state index contributed by atoms with van der Waals surface area (Å²) in [4.78, 5) is 10.5. The zero-order chi connectivity index (χ0) is 34.4. The Morgan fingerprint density at radius 3 is 1.57 bits per heavy atom. The number of aryl methyl sites for hydroxylation is 3. The number of nitro groups is 1. The number of hydrogen-bond acceptors (Lipinski definition) is 8. The highest BCUT2D eigenvalue weighted by atomic mass is 32.2. The van der Waals surface area contributed by atoms with E-state index in [2.05, 4.69) is 9.44 Å². The van der Waals surface area contributed by atoms with E-state index in [-0.39, 0.29) is 46.4 Å². The van der Waals surface area contributed by atoms with Gasteiger partial charge in [0.25, 0.3) is 5.69 Å². The molecule has 0 spiro atoms. The van der Waals surface area contributed by atoms with Gasteiger partial charge in [0.2, 0.25) is 30.1 Å². The third-order valence-electron chi connectivity index (χ3n) is 7.35. The van der Waals surface area contributed by atoms with Crippen molar-refractivity contribution in [2.45, 2.75) is 47.9 Å². The molecule has 12 nitrogen and oxygen atoms in total. The first-order valence-electron chi connectivity index (χ1n) is 14.5. The van der Waals surface area contributed by atoms with E-state index in [0.29, 0.717) is 5.56 Å². The number of sulfonamides is 3. The second kappa shape index (κ2) is 14.8. The summed E-state index contributed by atoms with van der Waals surface area (Å²) in [6, 6.07) is 22.9. The minimum absolute atomic E-state index is 0.0120. The van der Waals surface area contributed by atoms with Crippen molar-refractivity contribution in [1.82, 2.24) is 13.7 Å². The molecule has 47 heavy (non-hydrogen) atoms. The molecular weight excluding hydrogens is 665 g/mol. The lowest BCUT2D eigenvalue weighted by Gasteiger charge is -2.28. The number of non-ortho nitro benzene ring substituents is 1. The molecular formula is C32H36N4O8S3. The Hall–Kier alpha value is -3.99. The molecule has 15 heteroatoms. The molecule has 1 atom stereocenters. The first kappa shape index (κ1) is 35.9. The molecule has 4 aromatic carbocycles. The molecule has 0 saturated carbocycles. The number of nitrogens with zero attached hydrogens (tertiary/aromatic N) is 2. The Morgan fingerprint density at radius 2 is 1.11 bits per heavy atom. The highest BCUT2D eigenvalue weighted by molar-refractivity contribution is 7.90. The lowest BCUT2D eigenvalue weighted by Crippen LogP contribution is -2.48. The van der Waals surface area contributed by atoms with Crippen molar-refractivity contribution in [3.05, 3.63) is 129 Å². The van der Waals surface area contributed by atoms with Gasteiger partial charge in [0.05, 0.1) is 19.6 Å². The van der Waals surface area contributed by atoms with Gasteiger partial charge in [-0.05, 0) is 69.2 Å². The maximum Gasteiger partial charge on any atom is 0.269 e. The third-order valence-corrected chi connectivity index (χ3v) is 12.2. The van der Waals surface area contributed by atoms with Crippen LogP contribution in [0.1, 0.15) is 22.3 Å². The van der Waals surface area contributed by atoms with E-state index >= 15 is 0 Å². The molecule has 4 aromatic rings. The average molecular weight is 701 g/mol. The maximum absolute atomic E-state index is 14.0. The van der Waals surface area contributed by atoms with Gasteiger partial charge >= 0.3 is 0 Å². The van der Waals surface area contributed by atoms with E-state index in [1.807, 2.05) is 13.8 Å². The summed E-state index contributed by atoms with van der Waals surface area (Å²) in [5, 5.41) is 11.2. The zero-order valence-electron chi connectivity index (χ0n) is 26.0. The van der Waals surface area contributed by atoms with Crippen molar-refractivity contribution >= 4 is 35.8 Å². The van der Waals surface area contributed by atoms with Crippen molar-refractivity contribution in [3.63, 3.8) is 0 Å². The van der Waals surface area contributed by atoms with E-state index in [4.69, 9.17) is 0 Å². The van der Waals surface area contributed by atoms with Crippen molar-refractivity contribution in [2.75, 3.05) is 19.6 Å². The van der Waals surface area contributed by atoms with Gasteiger partial charge in [-0.1, -0.05) is 65.2 Å². The molecule has 0 aliphatic carbocycles. The lowest BCUT2D eigenvalue weighted by atomic mass is 10.1. The molecule has 0 bridgehead atoms. The molecule has 0 saturated heterocycles. The SMILES string of the molecule is Cc1ccc(S(=O)(=O)NCCN(C[C@H](Cc2ccc([N+](=O)[O-])cc2)NS(=O)(=O)c2ccc(C)cc2)S(=O)(=O)c2ccc(C)cc2)cc1. The van der Waals surface area contributed by atoms with Crippen molar-refractivity contribution in [2.24, 2.45) is 0 Å². The number of nitro benzene ring substituents is 1. The minimum Gasteiger partial charge on any atom is -0.258 e.